The van der Waals surface area contributed by atoms with Gasteiger partial charge in [0.1, 0.15) is 0 Å². The molecule has 0 aromatic rings. The molecule has 1 unspecified atom stereocenters. The number of allylic oxidation sites excluding steroid dienone is 2. The van der Waals surface area contributed by atoms with Crippen LogP contribution in [0.4, 0.5) is 0 Å². The summed E-state index contributed by atoms with van der Waals surface area (Å²) < 4.78 is 0. The maximum absolute atomic E-state index is 11.8. The summed E-state index contributed by atoms with van der Waals surface area (Å²) in [4.78, 5) is 24.7. The molecule has 2 rings (SSSR count). The molecular weight excluding hydrogens is 228 g/mol. The van der Waals surface area contributed by atoms with Gasteiger partial charge in [0.05, 0.1) is 5.92 Å². The molecule has 1 aliphatic carbocycles. The smallest absolute Gasteiger partial charge is 0.246 e. The largest absolute Gasteiger partial charge is 0.355 e. The summed E-state index contributed by atoms with van der Waals surface area (Å²) in [5, 5.41) is 3.00. The maximum Gasteiger partial charge on any atom is 0.246 e. The van der Waals surface area contributed by atoms with E-state index in [0.29, 0.717) is 19.0 Å². The second-order valence-electron chi connectivity index (χ2n) is 5.04. The van der Waals surface area contributed by atoms with Crippen molar-refractivity contribution in [3.8, 4) is 0 Å². The SMILES string of the molecule is C=CC(=O)N1CC(C(=O)NCC2CC=CCC2)C1. The van der Waals surface area contributed by atoms with Crippen molar-refractivity contribution in [1.82, 2.24) is 10.2 Å². The number of likely N-dealkylation sites (tertiary alicyclic amines) is 1. The Morgan fingerprint density at radius 1 is 1.39 bits per heavy atom. The molecular formula is C14H20N2O2. The van der Waals surface area contributed by atoms with E-state index in [-0.39, 0.29) is 17.7 Å². The van der Waals surface area contributed by atoms with Crippen LogP contribution in [0.1, 0.15) is 19.3 Å². The lowest BCUT2D eigenvalue weighted by Crippen LogP contribution is -2.55. The molecule has 1 fully saturated rings. The second kappa shape index (κ2) is 5.85. The molecule has 0 spiro atoms. The molecule has 0 saturated carbocycles. The summed E-state index contributed by atoms with van der Waals surface area (Å²) in [6.07, 6.45) is 9.01. The van der Waals surface area contributed by atoms with Gasteiger partial charge >= 0.3 is 0 Å². The van der Waals surface area contributed by atoms with Gasteiger partial charge in [0.15, 0.2) is 0 Å². The molecule has 1 N–H and O–H groups in total. The molecule has 0 aromatic heterocycles. The number of rotatable bonds is 4. The van der Waals surface area contributed by atoms with E-state index in [1.165, 1.54) is 6.08 Å². The van der Waals surface area contributed by atoms with Crippen molar-refractivity contribution in [1.29, 1.82) is 0 Å². The second-order valence-corrected chi connectivity index (χ2v) is 5.04. The Morgan fingerprint density at radius 2 is 2.17 bits per heavy atom. The fraction of sp³-hybridized carbons (Fsp3) is 0.571. The van der Waals surface area contributed by atoms with Crippen molar-refractivity contribution in [3.05, 3.63) is 24.8 Å². The Labute approximate surface area is 108 Å². The van der Waals surface area contributed by atoms with Gasteiger partial charge in [0, 0.05) is 19.6 Å². The van der Waals surface area contributed by atoms with Gasteiger partial charge in [-0.2, -0.15) is 0 Å². The van der Waals surface area contributed by atoms with Crippen molar-refractivity contribution in [3.63, 3.8) is 0 Å². The van der Waals surface area contributed by atoms with Gasteiger partial charge in [-0.1, -0.05) is 18.7 Å². The van der Waals surface area contributed by atoms with Crippen LogP contribution in [0.15, 0.2) is 24.8 Å². The quantitative estimate of drug-likeness (QED) is 0.598. The normalized spacial score (nSPS) is 23.3. The highest BCUT2D eigenvalue weighted by molar-refractivity contribution is 5.90. The van der Waals surface area contributed by atoms with Crippen LogP contribution >= 0.6 is 0 Å². The van der Waals surface area contributed by atoms with E-state index in [4.69, 9.17) is 0 Å². The fourth-order valence-corrected chi connectivity index (χ4v) is 2.38. The van der Waals surface area contributed by atoms with Crippen molar-refractivity contribution in [2.75, 3.05) is 19.6 Å². The first kappa shape index (κ1) is 12.9. The van der Waals surface area contributed by atoms with Gasteiger partial charge in [-0.05, 0) is 31.3 Å². The number of carbonyl (C=O) groups is 2. The summed E-state index contributed by atoms with van der Waals surface area (Å²) in [6, 6.07) is 0. The molecule has 0 radical (unpaired) electrons. The average Bonchev–Trinajstić information content (AvgIpc) is 2.35. The number of nitrogens with zero attached hydrogens (tertiary/aromatic N) is 1. The molecule has 0 aromatic carbocycles. The molecule has 0 bridgehead atoms. The van der Waals surface area contributed by atoms with Crippen molar-refractivity contribution in [2.24, 2.45) is 11.8 Å². The highest BCUT2D eigenvalue weighted by Gasteiger charge is 2.34. The van der Waals surface area contributed by atoms with Crippen LogP contribution < -0.4 is 5.32 Å². The van der Waals surface area contributed by atoms with E-state index < -0.39 is 0 Å². The van der Waals surface area contributed by atoms with E-state index in [1.54, 1.807) is 4.90 Å². The lowest BCUT2D eigenvalue weighted by molar-refractivity contribution is -0.139. The summed E-state index contributed by atoms with van der Waals surface area (Å²) >= 11 is 0. The highest BCUT2D eigenvalue weighted by Crippen LogP contribution is 2.19. The minimum Gasteiger partial charge on any atom is -0.355 e. The van der Waals surface area contributed by atoms with Gasteiger partial charge in [-0.25, -0.2) is 0 Å². The minimum atomic E-state index is -0.0866. The topological polar surface area (TPSA) is 49.4 Å². The molecule has 1 aliphatic heterocycles. The predicted molar refractivity (Wildman–Crippen MR) is 69.8 cm³/mol. The van der Waals surface area contributed by atoms with Crippen LogP contribution in [0.3, 0.4) is 0 Å². The Kier molecular flexibility index (Phi) is 4.18. The van der Waals surface area contributed by atoms with E-state index >= 15 is 0 Å². The van der Waals surface area contributed by atoms with Gasteiger partial charge in [-0.15, -0.1) is 0 Å². The first-order valence-corrected chi connectivity index (χ1v) is 6.54. The third-order valence-corrected chi connectivity index (χ3v) is 3.68. The average molecular weight is 248 g/mol. The zero-order chi connectivity index (χ0) is 13.0. The van der Waals surface area contributed by atoms with E-state index in [0.717, 1.165) is 25.8 Å². The predicted octanol–water partition coefficient (Wildman–Crippen LogP) is 1.10. The Morgan fingerprint density at radius 3 is 2.78 bits per heavy atom. The first-order valence-electron chi connectivity index (χ1n) is 6.54. The molecule has 2 amide bonds. The van der Waals surface area contributed by atoms with Crippen LogP contribution in [-0.4, -0.2) is 36.3 Å². The lowest BCUT2D eigenvalue weighted by atomic mass is 9.93. The number of nitrogens with one attached hydrogen (secondary N) is 1. The summed E-state index contributed by atoms with van der Waals surface area (Å²) in [7, 11) is 0. The molecule has 2 aliphatic rings. The molecule has 4 heteroatoms. The first-order chi connectivity index (χ1) is 8.70. The van der Waals surface area contributed by atoms with E-state index in [1.807, 2.05) is 0 Å². The van der Waals surface area contributed by atoms with Crippen molar-refractivity contribution >= 4 is 11.8 Å². The molecule has 1 saturated heterocycles. The number of amides is 2. The Balaban J connectivity index is 1.66. The minimum absolute atomic E-state index is 0.0342. The van der Waals surface area contributed by atoms with Crippen LogP contribution in [0, 0.1) is 11.8 Å². The Bertz CT molecular complexity index is 370. The third kappa shape index (κ3) is 3.00. The van der Waals surface area contributed by atoms with E-state index in [9.17, 15) is 9.59 Å². The standard InChI is InChI=1S/C14H20N2O2/c1-2-13(17)16-9-12(10-16)14(18)15-8-11-6-4-3-5-7-11/h2-4,11-12H,1,5-10H2,(H,15,18). The van der Waals surface area contributed by atoms with Gasteiger partial charge < -0.3 is 10.2 Å². The molecule has 18 heavy (non-hydrogen) atoms. The number of carbonyl (C=O) groups excluding carboxylic acids is 2. The fourth-order valence-electron chi connectivity index (χ4n) is 2.38. The van der Waals surface area contributed by atoms with E-state index in [2.05, 4.69) is 24.0 Å². The monoisotopic (exact) mass is 248 g/mol. The van der Waals surface area contributed by atoms with Crippen LogP contribution in [-0.2, 0) is 9.59 Å². The summed E-state index contributed by atoms with van der Waals surface area (Å²) in [5.41, 5.74) is 0. The zero-order valence-electron chi connectivity index (χ0n) is 10.6. The third-order valence-electron chi connectivity index (χ3n) is 3.68. The van der Waals surface area contributed by atoms with Crippen LogP contribution in [0.5, 0.6) is 0 Å². The summed E-state index contributed by atoms with van der Waals surface area (Å²) in [6.45, 7) is 5.25. The van der Waals surface area contributed by atoms with Crippen molar-refractivity contribution in [2.45, 2.75) is 19.3 Å². The molecule has 98 valence electrons. The van der Waals surface area contributed by atoms with Crippen LogP contribution in [0.2, 0.25) is 0 Å². The van der Waals surface area contributed by atoms with Gasteiger partial charge in [-0.3, -0.25) is 9.59 Å². The van der Waals surface area contributed by atoms with Crippen LogP contribution in [0.25, 0.3) is 0 Å². The molecule has 1 heterocycles. The van der Waals surface area contributed by atoms with Crippen molar-refractivity contribution < 1.29 is 9.59 Å². The van der Waals surface area contributed by atoms with Gasteiger partial charge in [0.25, 0.3) is 0 Å². The Hall–Kier alpha value is -1.58. The zero-order valence-corrected chi connectivity index (χ0v) is 10.6. The molecule has 4 nitrogen and oxygen atoms in total. The highest BCUT2D eigenvalue weighted by atomic mass is 16.2. The number of hydrogen-bond donors (Lipinski definition) is 1. The van der Waals surface area contributed by atoms with Gasteiger partial charge in [0.2, 0.25) is 11.8 Å². The maximum atomic E-state index is 11.8. The number of hydrogen-bond acceptors (Lipinski definition) is 2. The summed E-state index contributed by atoms with van der Waals surface area (Å²) in [5.74, 6) is 0.534. The lowest BCUT2D eigenvalue weighted by Gasteiger charge is -2.37. The molecule has 1 atom stereocenters.